The van der Waals surface area contributed by atoms with E-state index in [9.17, 15) is 9.59 Å². The van der Waals surface area contributed by atoms with Gasteiger partial charge < -0.3 is 4.74 Å². The van der Waals surface area contributed by atoms with Gasteiger partial charge in [-0.2, -0.15) is 0 Å². The van der Waals surface area contributed by atoms with Crippen LogP contribution in [0.1, 0.15) is 46.0 Å². The number of nitrogens with zero attached hydrogens (tertiary/aromatic N) is 1. The molecule has 0 spiro atoms. The summed E-state index contributed by atoms with van der Waals surface area (Å²) in [5, 5.41) is 2.00. The Hall–Kier alpha value is -2.88. The topological polar surface area (TPSA) is 48.3 Å². The third-order valence-electron chi connectivity index (χ3n) is 4.17. The van der Waals surface area contributed by atoms with Gasteiger partial charge in [0.1, 0.15) is 12.0 Å². The molecule has 4 nitrogen and oxygen atoms in total. The molecule has 0 radical (unpaired) electrons. The molecule has 0 aliphatic carbocycles. The lowest BCUT2D eigenvalue weighted by molar-refractivity contribution is 0.0956. The summed E-state index contributed by atoms with van der Waals surface area (Å²) in [7, 11) is 1.50. The van der Waals surface area contributed by atoms with Gasteiger partial charge in [0.2, 0.25) is 0 Å². The van der Waals surface area contributed by atoms with Gasteiger partial charge in [-0.1, -0.05) is 38.1 Å². The summed E-state index contributed by atoms with van der Waals surface area (Å²) < 4.78 is 6.91. The minimum absolute atomic E-state index is 0.131. The lowest BCUT2D eigenvalue weighted by Crippen LogP contribution is -2.13. The van der Waals surface area contributed by atoms with Crippen LogP contribution in [0.2, 0.25) is 0 Å². The molecular weight excluding hydrogens is 302 g/mol. The molecule has 0 amide bonds. The van der Waals surface area contributed by atoms with Crippen LogP contribution in [-0.2, 0) is 0 Å². The number of aromatic nitrogens is 1. The third-order valence-corrected chi connectivity index (χ3v) is 4.17. The molecule has 0 aliphatic heterocycles. The van der Waals surface area contributed by atoms with Crippen LogP contribution in [-0.4, -0.2) is 23.9 Å². The number of aldehydes is 1. The fourth-order valence-corrected chi connectivity index (χ4v) is 2.89. The first-order valence-corrected chi connectivity index (χ1v) is 7.83. The van der Waals surface area contributed by atoms with E-state index < -0.39 is 0 Å². The monoisotopic (exact) mass is 321 g/mol. The zero-order chi connectivity index (χ0) is 17.3. The first kappa shape index (κ1) is 16.0. The third kappa shape index (κ3) is 2.71. The van der Waals surface area contributed by atoms with Crippen LogP contribution in [0.15, 0.2) is 48.8 Å². The first-order valence-electron chi connectivity index (χ1n) is 7.83. The van der Waals surface area contributed by atoms with E-state index >= 15 is 0 Å². The molecule has 0 aliphatic rings. The maximum absolute atomic E-state index is 13.0. The summed E-state index contributed by atoms with van der Waals surface area (Å²) in [4.78, 5) is 24.3. The lowest BCUT2D eigenvalue weighted by Gasteiger charge is -2.15. The van der Waals surface area contributed by atoms with Gasteiger partial charge in [0.05, 0.1) is 12.7 Å². The van der Waals surface area contributed by atoms with Crippen molar-refractivity contribution in [3.8, 4) is 5.75 Å². The molecule has 122 valence electrons. The van der Waals surface area contributed by atoms with Gasteiger partial charge in [0, 0.05) is 18.0 Å². The number of hydrogen-bond acceptors (Lipinski definition) is 3. The number of fused-ring (bicyclic) bond motifs is 1. The zero-order valence-corrected chi connectivity index (χ0v) is 13.9. The average molecular weight is 321 g/mol. The van der Waals surface area contributed by atoms with Crippen LogP contribution in [0.3, 0.4) is 0 Å². The largest absolute Gasteiger partial charge is 0.496 e. The van der Waals surface area contributed by atoms with E-state index in [1.165, 1.54) is 7.11 Å². The molecule has 3 rings (SSSR count). The second-order valence-electron chi connectivity index (χ2n) is 6.05. The van der Waals surface area contributed by atoms with Crippen LogP contribution in [0.5, 0.6) is 5.75 Å². The maximum atomic E-state index is 13.0. The number of rotatable bonds is 4. The molecule has 0 bridgehead atoms. The van der Waals surface area contributed by atoms with Crippen LogP contribution in [0.4, 0.5) is 0 Å². The zero-order valence-electron chi connectivity index (χ0n) is 13.9. The van der Waals surface area contributed by atoms with Gasteiger partial charge in [-0.05, 0) is 34.4 Å². The fraction of sp³-hybridized carbons (Fsp3) is 0.200. The Labute approximate surface area is 140 Å². The molecule has 1 aromatic heterocycles. The number of methoxy groups -OCH3 is 1. The van der Waals surface area contributed by atoms with Crippen LogP contribution < -0.4 is 4.74 Å². The minimum Gasteiger partial charge on any atom is -0.496 e. The summed E-state index contributed by atoms with van der Waals surface area (Å²) >= 11 is 0. The Morgan fingerprint density at radius 1 is 1.12 bits per heavy atom. The van der Waals surface area contributed by atoms with Gasteiger partial charge in [-0.15, -0.1) is 0 Å². The first-order chi connectivity index (χ1) is 11.5. The van der Waals surface area contributed by atoms with Gasteiger partial charge in [-0.3, -0.25) is 14.2 Å². The number of carbonyl (C=O) groups is 2. The molecule has 0 fully saturated rings. The molecule has 4 heteroatoms. The van der Waals surface area contributed by atoms with Crippen LogP contribution >= 0.6 is 0 Å². The summed E-state index contributed by atoms with van der Waals surface area (Å²) in [6, 6.07) is 11.2. The van der Waals surface area contributed by atoms with Gasteiger partial charge in [-0.25, -0.2) is 0 Å². The molecule has 0 unspecified atom stereocenters. The summed E-state index contributed by atoms with van der Waals surface area (Å²) in [6.07, 6.45) is 4.41. The van der Waals surface area contributed by atoms with E-state index in [0.717, 1.165) is 22.6 Å². The Balaban J connectivity index is 2.14. The van der Waals surface area contributed by atoms with Crippen molar-refractivity contribution in [1.29, 1.82) is 0 Å². The fourth-order valence-electron chi connectivity index (χ4n) is 2.89. The minimum atomic E-state index is -0.178. The number of hydrogen-bond donors (Lipinski definition) is 0. The van der Waals surface area contributed by atoms with Crippen molar-refractivity contribution in [2.75, 3.05) is 7.11 Å². The maximum Gasteiger partial charge on any atom is 0.265 e. The molecule has 0 atom stereocenters. The summed E-state index contributed by atoms with van der Waals surface area (Å²) in [5.74, 6) is 0.359. The highest BCUT2D eigenvalue weighted by molar-refractivity contribution is 6.02. The van der Waals surface area contributed by atoms with Crippen molar-refractivity contribution in [3.05, 3.63) is 65.5 Å². The quantitative estimate of drug-likeness (QED) is 0.674. The van der Waals surface area contributed by atoms with E-state index in [2.05, 4.69) is 0 Å². The van der Waals surface area contributed by atoms with Gasteiger partial charge in [0.25, 0.3) is 5.91 Å². The Bertz CT molecular complexity index is 889. The Morgan fingerprint density at radius 2 is 1.75 bits per heavy atom. The van der Waals surface area contributed by atoms with Crippen molar-refractivity contribution >= 4 is 23.0 Å². The molecule has 0 saturated carbocycles. The van der Waals surface area contributed by atoms with E-state index in [-0.39, 0.29) is 11.8 Å². The predicted octanol–water partition coefficient (Wildman–Crippen LogP) is 4.27. The molecule has 0 N–H and O–H groups in total. The van der Waals surface area contributed by atoms with E-state index in [1.54, 1.807) is 29.1 Å². The lowest BCUT2D eigenvalue weighted by atomic mass is 9.94. The van der Waals surface area contributed by atoms with Crippen LogP contribution in [0.25, 0.3) is 10.8 Å². The molecule has 0 saturated heterocycles. The molecule has 2 aromatic carbocycles. The Kier molecular flexibility index (Phi) is 4.21. The predicted molar refractivity (Wildman–Crippen MR) is 94.1 cm³/mol. The molecule has 1 heterocycles. The van der Waals surface area contributed by atoms with E-state index in [4.69, 9.17) is 4.74 Å². The molecular formula is C20H19NO3. The van der Waals surface area contributed by atoms with E-state index in [1.807, 2.05) is 38.1 Å². The SMILES string of the molecule is COc1cc(C=O)c(C(C)C)cc1C(=O)n1cc2ccccc2c1. The normalized spacial score (nSPS) is 11.0. The standard InChI is InChI=1S/C20H19NO3/c1-13(2)17-9-18(19(24-3)8-16(17)12-22)20(23)21-10-14-6-4-5-7-15(14)11-21/h4-13H,1-3H3. The van der Waals surface area contributed by atoms with Crippen molar-refractivity contribution < 1.29 is 14.3 Å². The smallest absolute Gasteiger partial charge is 0.265 e. The highest BCUT2D eigenvalue weighted by Crippen LogP contribution is 2.29. The molecule has 24 heavy (non-hydrogen) atoms. The number of carbonyl (C=O) groups excluding carboxylic acids is 2. The summed E-state index contributed by atoms with van der Waals surface area (Å²) in [5.41, 5.74) is 1.84. The summed E-state index contributed by atoms with van der Waals surface area (Å²) in [6.45, 7) is 3.99. The van der Waals surface area contributed by atoms with Crippen molar-refractivity contribution in [2.24, 2.45) is 0 Å². The highest BCUT2D eigenvalue weighted by atomic mass is 16.5. The average Bonchev–Trinajstić information content (AvgIpc) is 3.03. The second-order valence-corrected chi connectivity index (χ2v) is 6.05. The van der Waals surface area contributed by atoms with Crippen LogP contribution in [0, 0.1) is 0 Å². The van der Waals surface area contributed by atoms with Crippen molar-refractivity contribution in [3.63, 3.8) is 0 Å². The van der Waals surface area contributed by atoms with E-state index in [0.29, 0.717) is 16.9 Å². The second kappa shape index (κ2) is 6.32. The van der Waals surface area contributed by atoms with Crippen molar-refractivity contribution in [1.82, 2.24) is 4.57 Å². The highest BCUT2D eigenvalue weighted by Gasteiger charge is 2.19. The molecule has 3 aromatic rings. The number of benzene rings is 2. The van der Waals surface area contributed by atoms with Crippen molar-refractivity contribution in [2.45, 2.75) is 19.8 Å². The van der Waals surface area contributed by atoms with Gasteiger partial charge >= 0.3 is 0 Å². The Morgan fingerprint density at radius 3 is 2.25 bits per heavy atom. The number of ether oxygens (including phenoxy) is 1. The van der Waals surface area contributed by atoms with Gasteiger partial charge in [0.15, 0.2) is 0 Å².